The summed E-state index contributed by atoms with van der Waals surface area (Å²) in [6.07, 6.45) is -3.78. The van der Waals surface area contributed by atoms with Crippen LogP contribution >= 0.6 is 0 Å². The maximum atomic E-state index is 13.2. The molecule has 0 bridgehead atoms. The second-order valence-electron chi connectivity index (χ2n) is 6.78. The van der Waals surface area contributed by atoms with Crippen LogP contribution in [0.25, 0.3) is 11.1 Å². The van der Waals surface area contributed by atoms with Crippen molar-refractivity contribution in [3.8, 4) is 23.0 Å². The van der Waals surface area contributed by atoms with Crippen LogP contribution in [-0.4, -0.2) is 21.6 Å². The molecule has 1 amide bonds. The highest BCUT2D eigenvalue weighted by Crippen LogP contribution is 2.32. The van der Waals surface area contributed by atoms with E-state index in [2.05, 4.69) is 16.3 Å². The third kappa shape index (κ3) is 5.48. The number of carbonyl (C=O) groups excluding carboxylic acids is 1. The molecule has 0 saturated carbocycles. The quantitative estimate of drug-likeness (QED) is 0.446. The van der Waals surface area contributed by atoms with Gasteiger partial charge in [0, 0.05) is 37.0 Å². The van der Waals surface area contributed by atoms with E-state index in [1.165, 1.54) is 19.2 Å². The summed E-state index contributed by atoms with van der Waals surface area (Å²) in [6.45, 7) is 0.694. The minimum absolute atomic E-state index is 0.281. The van der Waals surface area contributed by atoms with Crippen molar-refractivity contribution in [1.82, 2.24) is 9.78 Å². The van der Waals surface area contributed by atoms with Crippen LogP contribution in [0.3, 0.4) is 0 Å². The Hall–Kier alpha value is -3.67. The van der Waals surface area contributed by atoms with E-state index in [1.807, 2.05) is 5.92 Å². The zero-order valence-corrected chi connectivity index (χ0v) is 16.4. The molecule has 0 spiro atoms. The third-order valence-electron chi connectivity index (χ3n) is 4.14. The van der Waals surface area contributed by atoms with Gasteiger partial charge in [-0.1, -0.05) is 36.3 Å². The Balaban J connectivity index is 1.90. The van der Waals surface area contributed by atoms with E-state index >= 15 is 0 Å². The van der Waals surface area contributed by atoms with Gasteiger partial charge in [0.1, 0.15) is 0 Å². The van der Waals surface area contributed by atoms with Crippen LogP contribution < -0.4 is 5.32 Å². The molecule has 0 radical (unpaired) electrons. The van der Waals surface area contributed by atoms with Gasteiger partial charge in [0.2, 0.25) is 0 Å². The molecule has 1 heterocycles. The van der Waals surface area contributed by atoms with Gasteiger partial charge in [-0.2, -0.15) is 27.1 Å². The van der Waals surface area contributed by atoms with Crippen molar-refractivity contribution in [2.45, 2.75) is 19.0 Å². The molecular formula is C22H16F5N3O. The van der Waals surface area contributed by atoms with Crippen LogP contribution in [0.4, 0.5) is 27.6 Å². The number of rotatable bonds is 3. The van der Waals surface area contributed by atoms with Crippen LogP contribution in [-0.2, 0) is 13.2 Å². The number of carbonyl (C=O) groups is 1. The normalized spacial score (nSPS) is 11.6. The first-order valence-corrected chi connectivity index (χ1v) is 8.97. The number of nitrogens with zero attached hydrogens (tertiary/aromatic N) is 2. The zero-order chi connectivity index (χ0) is 22.8. The Morgan fingerprint density at radius 2 is 1.68 bits per heavy atom. The number of halogens is 5. The second kappa shape index (κ2) is 8.22. The van der Waals surface area contributed by atoms with Crippen LogP contribution in [0.2, 0.25) is 0 Å². The van der Waals surface area contributed by atoms with Gasteiger partial charge in [0.15, 0.2) is 5.69 Å². The number of hydrogen-bond donors (Lipinski definition) is 1. The number of alkyl halides is 5. The number of aryl methyl sites for hydroxylation is 1. The summed E-state index contributed by atoms with van der Waals surface area (Å²) in [7, 11) is 1.29. The molecule has 160 valence electrons. The van der Waals surface area contributed by atoms with Gasteiger partial charge in [-0.05, 0) is 29.7 Å². The summed E-state index contributed by atoms with van der Waals surface area (Å²) in [4.78, 5) is 12.6. The smallest absolute Gasteiger partial charge is 0.321 e. The lowest BCUT2D eigenvalue weighted by molar-refractivity contribution is -0.141. The van der Waals surface area contributed by atoms with Gasteiger partial charge in [0.05, 0.1) is 5.56 Å². The van der Waals surface area contributed by atoms with Crippen molar-refractivity contribution < 1.29 is 26.7 Å². The number of benzene rings is 2. The first-order chi connectivity index (χ1) is 14.4. The summed E-state index contributed by atoms with van der Waals surface area (Å²) in [5.74, 6) is 0.129. The fraction of sp³-hybridized carbons (Fsp3) is 0.182. The summed E-state index contributed by atoms with van der Waals surface area (Å²) in [6, 6.07) is 12.8. The number of nitrogens with one attached hydrogen (secondary N) is 1. The van der Waals surface area contributed by atoms with E-state index in [0.29, 0.717) is 23.6 Å². The van der Waals surface area contributed by atoms with Crippen molar-refractivity contribution in [3.63, 3.8) is 0 Å². The van der Waals surface area contributed by atoms with Gasteiger partial charge in [-0.15, -0.1) is 0 Å². The highest BCUT2D eigenvalue weighted by molar-refractivity contribution is 6.07. The molecule has 1 aromatic heterocycles. The molecule has 1 N–H and O–H groups in total. The highest BCUT2D eigenvalue weighted by atomic mass is 19.4. The first kappa shape index (κ1) is 22.0. The fourth-order valence-corrected chi connectivity index (χ4v) is 2.81. The average Bonchev–Trinajstić information content (AvgIpc) is 3.09. The standard InChI is InChI=1S/C22H16F5N3O/c1-21(23,24)12-11-14-7-9-15(10-8-14)16-5-3-4-6-18(16)28-20(31)17-13-30(2)29-19(17)22(25,26)27/h3-10,13H,1-2H3,(H,28,31). The van der Waals surface area contributed by atoms with Gasteiger partial charge in [0.25, 0.3) is 5.91 Å². The van der Waals surface area contributed by atoms with E-state index in [1.54, 1.807) is 36.4 Å². The van der Waals surface area contributed by atoms with Crippen LogP contribution in [0.1, 0.15) is 28.5 Å². The molecule has 4 nitrogen and oxygen atoms in total. The number of aromatic nitrogens is 2. The number of hydrogen-bond acceptors (Lipinski definition) is 2. The maximum absolute atomic E-state index is 13.2. The molecule has 9 heteroatoms. The lowest BCUT2D eigenvalue weighted by Crippen LogP contribution is -2.18. The lowest BCUT2D eigenvalue weighted by atomic mass is 10.0. The minimum atomic E-state index is -4.78. The monoisotopic (exact) mass is 433 g/mol. The Morgan fingerprint density at radius 3 is 2.29 bits per heavy atom. The second-order valence-corrected chi connectivity index (χ2v) is 6.78. The van der Waals surface area contributed by atoms with Crippen LogP contribution in [0.15, 0.2) is 54.7 Å². The van der Waals surface area contributed by atoms with Crippen molar-refractivity contribution in [2.75, 3.05) is 5.32 Å². The van der Waals surface area contributed by atoms with Crippen molar-refractivity contribution in [3.05, 3.63) is 71.5 Å². The van der Waals surface area contributed by atoms with Crippen molar-refractivity contribution in [2.24, 2.45) is 7.05 Å². The molecule has 2 aromatic carbocycles. The average molecular weight is 433 g/mol. The zero-order valence-electron chi connectivity index (χ0n) is 16.4. The Labute approximate surface area is 174 Å². The molecule has 3 aromatic rings. The van der Waals surface area contributed by atoms with Crippen molar-refractivity contribution in [1.29, 1.82) is 0 Å². The Bertz CT molecular complexity index is 1160. The van der Waals surface area contributed by atoms with Gasteiger partial charge in [-0.25, -0.2) is 0 Å². The topological polar surface area (TPSA) is 46.9 Å². The molecular weight excluding hydrogens is 417 g/mol. The van der Waals surface area contributed by atoms with Crippen LogP contribution in [0.5, 0.6) is 0 Å². The van der Waals surface area contributed by atoms with Crippen molar-refractivity contribution >= 4 is 11.6 Å². The van der Waals surface area contributed by atoms with E-state index in [4.69, 9.17) is 0 Å². The Morgan fingerprint density at radius 1 is 1.03 bits per heavy atom. The number of anilines is 1. The molecule has 0 aliphatic carbocycles. The summed E-state index contributed by atoms with van der Waals surface area (Å²) in [5, 5.41) is 5.83. The first-order valence-electron chi connectivity index (χ1n) is 8.97. The van der Waals surface area contributed by atoms with Crippen LogP contribution in [0, 0.1) is 11.8 Å². The molecule has 3 rings (SSSR count). The number of amides is 1. The molecule has 31 heavy (non-hydrogen) atoms. The molecule has 0 aliphatic heterocycles. The maximum Gasteiger partial charge on any atom is 0.435 e. The lowest BCUT2D eigenvalue weighted by Gasteiger charge is -2.12. The van der Waals surface area contributed by atoms with Gasteiger partial charge < -0.3 is 5.32 Å². The SMILES string of the molecule is Cn1cc(C(=O)Nc2ccccc2-c2ccc(C#CC(C)(F)F)cc2)c(C(F)(F)F)n1. The summed E-state index contributed by atoms with van der Waals surface area (Å²) >= 11 is 0. The Kier molecular flexibility index (Phi) is 5.84. The highest BCUT2D eigenvalue weighted by Gasteiger charge is 2.39. The molecule has 0 fully saturated rings. The molecule has 0 atom stereocenters. The predicted octanol–water partition coefficient (Wildman–Crippen LogP) is 5.36. The van der Waals surface area contributed by atoms with E-state index in [0.717, 1.165) is 10.9 Å². The molecule has 0 aliphatic rings. The van der Waals surface area contributed by atoms with E-state index < -0.39 is 29.3 Å². The fourth-order valence-electron chi connectivity index (χ4n) is 2.81. The summed E-state index contributed by atoms with van der Waals surface area (Å²) < 4.78 is 66.2. The van der Waals surface area contributed by atoms with E-state index in [9.17, 15) is 26.7 Å². The minimum Gasteiger partial charge on any atom is -0.321 e. The predicted molar refractivity (Wildman–Crippen MR) is 106 cm³/mol. The summed E-state index contributed by atoms with van der Waals surface area (Å²) in [5.41, 5.74) is -0.0718. The largest absolute Gasteiger partial charge is 0.435 e. The van der Waals surface area contributed by atoms with Gasteiger partial charge in [-0.3, -0.25) is 9.48 Å². The van der Waals surface area contributed by atoms with Gasteiger partial charge >= 0.3 is 12.1 Å². The molecule has 0 unspecified atom stereocenters. The number of para-hydroxylation sites is 1. The molecule has 0 saturated heterocycles. The van der Waals surface area contributed by atoms with E-state index in [-0.39, 0.29) is 5.69 Å². The third-order valence-corrected chi connectivity index (χ3v) is 4.14.